The van der Waals surface area contributed by atoms with Crippen LogP contribution < -0.4 is 5.32 Å². The van der Waals surface area contributed by atoms with Crippen molar-refractivity contribution in [3.63, 3.8) is 0 Å². The Bertz CT molecular complexity index is 501. The summed E-state index contributed by atoms with van der Waals surface area (Å²) >= 11 is 3.46. The number of rotatable bonds is 6. The molecule has 5 heteroatoms. The maximum Gasteiger partial charge on any atom is 0.0860 e. The third kappa shape index (κ3) is 4.45. The molecule has 2 N–H and O–H groups in total. The second-order valence-electron chi connectivity index (χ2n) is 4.57. The first-order valence-corrected chi connectivity index (χ1v) is 7.09. The Morgan fingerprint density at radius 1 is 1.42 bits per heavy atom. The molecule has 0 saturated carbocycles. The lowest BCUT2D eigenvalue weighted by Gasteiger charge is -2.17. The van der Waals surface area contributed by atoms with Gasteiger partial charge in [-0.05, 0) is 30.7 Å². The van der Waals surface area contributed by atoms with Crippen LogP contribution in [0.5, 0.6) is 0 Å². The number of aromatic nitrogens is 2. The summed E-state index contributed by atoms with van der Waals surface area (Å²) in [5, 5.41) is 17.3. The molecular weight excluding hydrogens is 306 g/mol. The molecule has 4 nitrogen and oxygen atoms in total. The van der Waals surface area contributed by atoms with E-state index in [1.54, 1.807) is 10.9 Å². The van der Waals surface area contributed by atoms with Gasteiger partial charge in [-0.1, -0.05) is 28.1 Å². The molecule has 0 aliphatic rings. The van der Waals surface area contributed by atoms with Gasteiger partial charge in [-0.15, -0.1) is 0 Å². The van der Waals surface area contributed by atoms with E-state index in [0.29, 0.717) is 13.1 Å². The van der Waals surface area contributed by atoms with Crippen molar-refractivity contribution in [2.45, 2.75) is 25.6 Å². The third-order valence-electron chi connectivity index (χ3n) is 2.97. The number of hydrogen-bond donors (Lipinski definition) is 2. The Balaban J connectivity index is 1.81. The summed E-state index contributed by atoms with van der Waals surface area (Å²) in [6.07, 6.45) is 3.11. The van der Waals surface area contributed by atoms with Crippen molar-refractivity contribution >= 4 is 15.9 Å². The van der Waals surface area contributed by atoms with Gasteiger partial charge in [-0.3, -0.25) is 4.68 Å². The predicted molar refractivity (Wildman–Crippen MR) is 78.8 cm³/mol. The lowest BCUT2D eigenvalue weighted by atomic mass is 10.1. The van der Waals surface area contributed by atoms with Crippen LogP contribution in [0.15, 0.2) is 47.2 Å². The molecule has 0 amide bonds. The van der Waals surface area contributed by atoms with E-state index >= 15 is 0 Å². The molecule has 1 aromatic heterocycles. The fraction of sp³-hybridized carbons (Fsp3) is 0.357. The van der Waals surface area contributed by atoms with E-state index < -0.39 is 6.10 Å². The topological polar surface area (TPSA) is 50.1 Å². The van der Waals surface area contributed by atoms with Crippen LogP contribution in [0.2, 0.25) is 0 Å². The van der Waals surface area contributed by atoms with Gasteiger partial charge < -0.3 is 10.4 Å². The smallest absolute Gasteiger partial charge is 0.0860 e. The molecule has 19 heavy (non-hydrogen) atoms. The van der Waals surface area contributed by atoms with Gasteiger partial charge in [0, 0.05) is 29.5 Å². The number of halogens is 1. The van der Waals surface area contributed by atoms with Gasteiger partial charge in [-0.25, -0.2) is 0 Å². The van der Waals surface area contributed by atoms with E-state index in [-0.39, 0.29) is 6.04 Å². The third-order valence-corrected chi connectivity index (χ3v) is 3.46. The minimum Gasteiger partial charge on any atom is -0.390 e. The number of nitrogens with zero attached hydrogens (tertiary/aromatic N) is 2. The first-order valence-electron chi connectivity index (χ1n) is 6.29. The molecule has 0 bridgehead atoms. The van der Waals surface area contributed by atoms with Crippen molar-refractivity contribution in [2.24, 2.45) is 0 Å². The highest BCUT2D eigenvalue weighted by atomic mass is 79.9. The lowest BCUT2D eigenvalue weighted by molar-refractivity contribution is 0.143. The van der Waals surface area contributed by atoms with Crippen molar-refractivity contribution in [1.29, 1.82) is 0 Å². The minimum absolute atomic E-state index is 0.199. The van der Waals surface area contributed by atoms with E-state index in [1.807, 2.05) is 24.4 Å². The molecule has 0 saturated heterocycles. The second-order valence-corrected chi connectivity index (χ2v) is 5.48. The number of benzene rings is 1. The Kier molecular flexibility index (Phi) is 5.13. The second kappa shape index (κ2) is 6.84. The van der Waals surface area contributed by atoms with Crippen molar-refractivity contribution in [3.8, 4) is 0 Å². The van der Waals surface area contributed by atoms with Crippen LogP contribution in [0.25, 0.3) is 0 Å². The quantitative estimate of drug-likeness (QED) is 0.858. The van der Waals surface area contributed by atoms with Gasteiger partial charge in [0.2, 0.25) is 0 Å². The van der Waals surface area contributed by atoms with E-state index in [2.05, 4.69) is 45.4 Å². The highest BCUT2D eigenvalue weighted by molar-refractivity contribution is 9.10. The maximum atomic E-state index is 9.94. The number of hydrogen-bond acceptors (Lipinski definition) is 3. The van der Waals surface area contributed by atoms with Gasteiger partial charge in [0.15, 0.2) is 0 Å². The van der Waals surface area contributed by atoms with Gasteiger partial charge in [-0.2, -0.15) is 5.10 Å². The molecule has 0 aliphatic carbocycles. The zero-order valence-corrected chi connectivity index (χ0v) is 12.4. The van der Waals surface area contributed by atoms with Gasteiger partial charge in [0.05, 0.1) is 12.6 Å². The summed E-state index contributed by atoms with van der Waals surface area (Å²) < 4.78 is 2.80. The highest BCUT2D eigenvalue weighted by Crippen LogP contribution is 2.17. The molecular formula is C14H18BrN3O. The monoisotopic (exact) mass is 323 g/mol. The lowest BCUT2D eigenvalue weighted by Crippen LogP contribution is -2.32. The van der Waals surface area contributed by atoms with Crippen molar-refractivity contribution in [1.82, 2.24) is 15.1 Å². The van der Waals surface area contributed by atoms with Crippen molar-refractivity contribution in [3.05, 3.63) is 52.8 Å². The largest absolute Gasteiger partial charge is 0.390 e. The zero-order chi connectivity index (χ0) is 13.7. The summed E-state index contributed by atoms with van der Waals surface area (Å²) in [6, 6.07) is 10.2. The first kappa shape index (κ1) is 14.2. The molecule has 2 rings (SSSR count). The van der Waals surface area contributed by atoms with Crippen LogP contribution in [0.3, 0.4) is 0 Å². The summed E-state index contributed by atoms with van der Waals surface area (Å²) in [5.74, 6) is 0. The van der Waals surface area contributed by atoms with Gasteiger partial charge in [0.1, 0.15) is 0 Å². The normalized spacial score (nSPS) is 14.3. The fourth-order valence-electron chi connectivity index (χ4n) is 1.90. The van der Waals surface area contributed by atoms with Crippen LogP contribution in [0, 0.1) is 0 Å². The van der Waals surface area contributed by atoms with Crippen molar-refractivity contribution in [2.75, 3.05) is 6.54 Å². The summed E-state index contributed by atoms with van der Waals surface area (Å²) in [7, 11) is 0. The Morgan fingerprint density at radius 2 is 2.26 bits per heavy atom. The van der Waals surface area contributed by atoms with Crippen LogP contribution in [0.4, 0.5) is 0 Å². The summed E-state index contributed by atoms with van der Waals surface area (Å²) in [4.78, 5) is 0. The van der Waals surface area contributed by atoms with E-state index in [4.69, 9.17) is 0 Å². The van der Waals surface area contributed by atoms with Crippen LogP contribution in [-0.4, -0.2) is 27.5 Å². The summed E-state index contributed by atoms with van der Waals surface area (Å²) in [5.41, 5.74) is 1.20. The van der Waals surface area contributed by atoms with Crippen molar-refractivity contribution < 1.29 is 5.11 Å². The van der Waals surface area contributed by atoms with E-state index in [0.717, 1.165) is 4.47 Å². The fourth-order valence-corrected chi connectivity index (χ4v) is 2.31. The molecule has 0 radical (unpaired) electrons. The Labute approximate surface area is 121 Å². The van der Waals surface area contributed by atoms with Gasteiger partial charge >= 0.3 is 0 Å². The SMILES string of the molecule is C[C@@H](NCC(O)Cn1cccn1)c1cccc(Br)c1. The molecule has 2 atom stereocenters. The molecule has 102 valence electrons. The summed E-state index contributed by atoms with van der Waals surface area (Å²) in [6.45, 7) is 3.13. The Hall–Kier alpha value is -1.17. The minimum atomic E-state index is -0.450. The molecule has 1 aromatic carbocycles. The number of aliphatic hydroxyl groups is 1. The molecule has 0 fully saturated rings. The van der Waals surface area contributed by atoms with Crippen LogP contribution >= 0.6 is 15.9 Å². The molecule has 0 aliphatic heterocycles. The van der Waals surface area contributed by atoms with E-state index in [9.17, 15) is 5.11 Å². The average Bonchev–Trinajstić information content (AvgIpc) is 2.88. The average molecular weight is 324 g/mol. The number of aliphatic hydroxyl groups excluding tert-OH is 1. The molecule has 1 heterocycles. The molecule has 1 unspecified atom stereocenters. The molecule has 2 aromatic rings. The van der Waals surface area contributed by atoms with Crippen LogP contribution in [-0.2, 0) is 6.54 Å². The number of nitrogens with one attached hydrogen (secondary N) is 1. The Morgan fingerprint density at radius 3 is 2.95 bits per heavy atom. The van der Waals surface area contributed by atoms with Gasteiger partial charge in [0.25, 0.3) is 0 Å². The van der Waals surface area contributed by atoms with E-state index in [1.165, 1.54) is 5.56 Å². The highest BCUT2D eigenvalue weighted by Gasteiger charge is 2.09. The molecule has 0 spiro atoms. The maximum absolute atomic E-state index is 9.94. The zero-order valence-electron chi connectivity index (χ0n) is 10.8. The predicted octanol–water partition coefficient (Wildman–Crippen LogP) is 2.36. The first-order chi connectivity index (χ1) is 9.15. The van der Waals surface area contributed by atoms with Crippen LogP contribution in [0.1, 0.15) is 18.5 Å². The standard InChI is InChI=1S/C14H18BrN3O/c1-11(12-4-2-5-13(15)8-12)16-9-14(19)10-18-7-3-6-17-18/h2-8,11,14,16,19H,9-10H2,1H3/t11-,14?/m1/s1.